The van der Waals surface area contributed by atoms with Crippen molar-refractivity contribution in [1.29, 1.82) is 0 Å². The minimum absolute atomic E-state index is 0.0690. The van der Waals surface area contributed by atoms with Gasteiger partial charge in [0.1, 0.15) is 5.69 Å². The molecule has 0 radical (unpaired) electrons. The molecule has 0 aliphatic heterocycles. The lowest BCUT2D eigenvalue weighted by Gasteiger charge is -1.98. The third-order valence-corrected chi connectivity index (χ3v) is 2.18. The van der Waals surface area contributed by atoms with Gasteiger partial charge in [-0.2, -0.15) is 0 Å². The number of alkyl carbamates (subject to hydrolysis) is 1. The first-order chi connectivity index (χ1) is 8.29. The number of rotatable bonds is 3. The van der Waals surface area contributed by atoms with E-state index in [2.05, 4.69) is 10.5 Å². The molecule has 1 heterocycles. The van der Waals surface area contributed by atoms with Crippen molar-refractivity contribution in [1.82, 2.24) is 10.5 Å². The second-order valence-electron chi connectivity index (χ2n) is 3.37. The summed E-state index contributed by atoms with van der Waals surface area (Å²) in [7, 11) is 1.50. The molecule has 0 aliphatic rings. The fraction of sp³-hybridized carbons (Fsp3) is 0.167. The normalized spacial score (nSPS) is 9.94. The Kier molecular flexibility index (Phi) is 3.40. The van der Waals surface area contributed by atoms with Crippen LogP contribution in [0.25, 0.3) is 11.3 Å². The van der Waals surface area contributed by atoms with Crippen LogP contribution < -0.4 is 5.32 Å². The molecular formula is C12H12N2O3. The number of aromatic nitrogens is 1. The molecule has 1 aromatic carbocycles. The third kappa shape index (κ3) is 2.84. The van der Waals surface area contributed by atoms with Gasteiger partial charge in [-0.25, -0.2) is 4.79 Å². The molecule has 0 bridgehead atoms. The molecule has 17 heavy (non-hydrogen) atoms. The number of amides is 1. The highest BCUT2D eigenvalue weighted by atomic mass is 16.6. The van der Waals surface area contributed by atoms with Crippen LogP contribution in [0.3, 0.4) is 0 Å². The maximum Gasteiger partial charge on any atom is 0.407 e. The van der Waals surface area contributed by atoms with E-state index in [0.29, 0.717) is 5.76 Å². The molecule has 2 rings (SSSR count). The molecule has 1 N–H and O–H groups in total. The summed E-state index contributed by atoms with van der Waals surface area (Å²) < 4.78 is 9.90. The third-order valence-electron chi connectivity index (χ3n) is 2.18. The zero-order chi connectivity index (χ0) is 12.1. The van der Waals surface area contributed by atoms with Crippen molar-refractivity contribution < 1.29 is 14.1 Å². The number of benzene rings is 1. The number of carbonyl (C=O) groups excluding carboxylic acids is 1. The molecule has 0 fully saturated rings. The van der Waals surface area contributed by atoms with Gasteiger partial charge in [-0.15, -0.1) is 0 Å². The average Bonchev–Trinajstić information content (AvgIpc) is 2.86. The standard InChI is InChI=1S/C12H12N2O3/c1-13-12(15)16-8-10-7-11(14-17-10)9-5-3-2-4-6-9/h2-7H,8H2,1H3,(H,13,15). The molecule has 0 aliphatic carbocycles. The highest BCUT2D eigenvalue weighted by molar-refractivity contribution is 5.66. The summed E-state index contributed by atoms with van der Waals surface area (Å²) in [5, 5.41) is 6.25. The van der Waals surface area contributed by atoms with E-state index < -0.39 is 6.09 Å². The maximum atomic E-state index is 10.9. The molecule has 1 aromatic heterocycles. The van der Waals surface area contributed by atoms with Crippen LogP contribution in [-0.4, -0.2) is 18.3 Å². The fourth-order valence-corrected chi connectivity index (χ4v) is 1.33. The smallest absolute Gasteiger partial charge is 0.407 e. The second kappa shape index (κ2) is 5.16. The van der Waals surface area contributed by atoms with E-state index >= 15 is 0 Å². The lowest BCUT2D eigenvalue weighted by Crippen LogP contribution is -2.18. The van der Waals surface area contributed by atoms with Crippen LogP contribution in [0.1, 0.15) is 5.76 Å². The minimum Gasteiger partial charge on any atom is -0.441 e. The lowest BCUT2D eigenvalue weighted by atomic mass is 10.1. The summed E-state index contributed by atoms with van der Waals surface area (Å²) in [6, 6.07) is 11.4. The van der Waals surface area contributed by atoms with Gasteiger partial charge >= 0.3 is 6.09 Å². The Morgan fingerprint density at radius 3 is 2.88 bits per heavy atom. The topological polar surface area (TPSA) is 64.4 Å². The molecule has 1 amide bonds. The molecular weight excluding hydrogens is 220 g/mol. The number of nitrogens with zero attached hydrogens (tertiary/aromatic N) is 1. The zero-order valence-electron chi connectivity index (χ0n) is 9.34. The van der Waals surface area contributed by atoms with Crippen LogP contribution in [0, 0.1) is 0 Å². The van der Waals surface area contributed by atoms with Crippen molar-refractivity contribution in [2.45, 2.75) is 6.61 Å². The van der Waals surface area contributed by atoms with Gasteiger partial charge in [0.25, 0.3) is 0 Å². The van der Waals surface area contributed by atoms with Gasteiger partial charge in [0.05, 0.1) is 0 Å². The zero-order valence-corrected chi connectivity index (χ0v) is 9.34. The first-order valence-corrected chi connectivity index (χ1v) is 5.15. The second-order valence-corrected chi connectivity index (χ2v) is 3.37. The summed E-state index contributed by atoms with van der Waals surface area (Å²) >= 11 is 0. The van der Waals surface area contributed by atoms with Crippen molar-refractivity contribution in [3.05, 3.63) is 42.2 Å². The van der Waals surface area contributed by atoms with Crippen LogP contribution in [0.4, 0.5) is 4.79 Å². The quantitative estimate of drug-likeness (QED) is 0.881. The summed E-state index contributed by atoms with van der Waals surface area (Å²) in [5.74, 6) is 0.507. The summed E-state index contributed by atoms with van der Waals surface area (Å²) in [4.78, 5) is 10.9. The van der Waals surface area contributed by atoms with Crippen molar-refractivity contribution >= 4 is 6.09 Å². The van der Waals surface area contributed by atoms with Crippen LogP contribution in [0.2, 0.25) is 0 Å². The SMILES string of the molecule is CNC(=O)OCc1cc(-c2ccccc2)no1. The lowest BCUT2D eigenvalue weighted by molar-refractivity contribution is 0.130. The summed E-state index contributed by atoms with van der Waals surface area (Å²) in [6.45, 7) is 0.0690. The molecule has 0 unspecified atom stereocenters. The first-order valence-electron chi connectivity index (χ1n) is 5.15. The van der Waals surface area contributed by atoms with Crippen molar-refractivity contribution in [2.75, 3.05) is 7.05 Å². The highest BCUT2D eigenvalue weighted by Crippen LogP contribution is 2.18. The van der Waals surface area contributed by atoms with E-state index in [1.54, 1.807) is 6.07 Å². The molecule has 0 saturated carbocycles. The number of hydrogen-bond donors (Lipinski definition) is 1. The van der Waals surface area contributed by atoms with Crippen molar-refractivity contribution in [3.8, 4) is 11.3 Å². The largest absolute Gasteiger partial charge is 0.441 e. The minimum atomic E-state index is -0.498. The predicted octanol–water partition coefficient (Wildman–Crippen LogP) is 2.20. The van der Waals surface area contributed by atoms with Gasteiger partial charge in [0.15, 0.2) is 12.4 Å². The van der Waals surface area contributed by atoms with E-state index in [4.69, 9.17) is 9.26 Å². The first kappa shape index (κ1) is 11.2. The Bertz CT molecular complexity index is 493. The number of carbonyl (C=O) groups is 1. The number of hydrogen-bond acceptors (Lipinski definition) is 4. The van der Waals surface area contributed by atoms with Crippen LogP contribution >= 0.6 is 0 Å². The van der Waals surface area contributed by atoms with Crippen LogP contribution in [0.5, 0.6) is 0 Å². The fourth-order valence-electron chi connectivity index (χ4n) is 1.33. The Morgan fingerprint density at radius 1 is 1.41 bits per heavy atom. The summed E-state index contributed by atoms with van der Waals surface area (Å²) in [5.41, 5.74) is 1.68. The van der Waals surface area contributed by atoms with E-state index in [-0.39, 0.29) is 6.61 Å². The van der Waals surface area contributed by atoms with Gasteiger partial charge in [-0.1, -0.05) is 35.5 Å². The molecule has 0 spiro atoms. The number of ether oxygens (including phenoxy) is 1. The number of nitrogens with one attached hydrogen (secondary N) is 1. The van der Waals surface area contributed by atoms with Crippen molar-refractivity contribution in [2.24, 2.45) is 0 Å². The van der Waals surface area contributed by atoms with Crippen LogP contribution in [-0.2, 0) is 11.3 Å². The molecule has 0 atom stereocenters. The van der Waals surface area contributed by atoms with Gasteiger partial charge in [-0.3, -0.25) is 0 Å². The van der Waals surface area contributed by atoms with Crippen molar-refractivity contribution in [3.63, 3.8) is 0 Å². The Hall–Kier alpha value is -2.30. The van der Waals surface area contributed by atoms with Gasteiger partial charge in [0.2, 0.25) is 0 Å². The van der Waals surface area contributed by atoms with E-state index in [1.807, 2.05) is 30.3 Å². The monoisotopic (exact) mass is 232 g/mol. The molecule has 0 saturated heterocycles. The van der Waals surface area contributed by atoms with E-state index in [9.17, 15) is 4.79 Å². The average molecular weight is 232 g/mol. The predicted molar refractivity (Wildman–Crippen MR) is 61.2 cm³/mol. The van der Waals surface area contributed by atoms with E-state index in [1.165, 1.54) is 7.05 Å². The van der Waals surface area contributed by atoms with Crippen LogP contribution in [0.15, 0.2) is 40.9 Å². The Labute approximate surface area is 98.4 Å². The molecule has 88 valence electrons. The van der Waals surface area contributed by atoms with Gasteiger partial charge in [0, 0.05) is 18.7 Å². The Morgan fingerprint density at radius 2 is 2.18 bits per heavy atom. The highest BCUT2D eigenvalue weighted by Gasteiger charge is 2.07. The molecule has 5 nitrogen and oxygen atoms in total. The maximum absolute atomic E-state index is 10.9. The van der Waals surface area contributed by atoms with E-state index in [0.717, 1.165) is 11.3 Å². The van der Waals surface area contributed by atoms with Gasteiger partial charge < -0.3 is 14.6 Å². The van der Waals surface area contributed by atoms with Gasteiger partial charge in [-0.05, 0) is 0 Å². The molecule has 5 heteroatoms. The molecule has 2 aromatic rings. The Balaban J connectivity index is 2.04. The summed E-state index contributed by atoms with van der Waals surface area (Å²) in [6.07, 6.45) is -0.498.